The molecule has 0 unspecified atom stereocenters. The first-order valence-corrected chi connectivity index (χ1v) is 7.29. The topological polar surface area (TPSA) is 55.5 Å². The molecule has 1 N–H and O–H groups in total. The zero-order chi connectivity index (χ0) is 16.0. The molecule has 113 valence electrons. The highest BCUT2D eigenvalue weighted by molar-refractivity contribution is 6.52. The predicted molar refractivity (Wildman–Crippen MR) is 88.4 cm³/mol. The number of rotatable bonds is 4. The van der Waals surface area contributed by atoms with Gasteiger partial charge in [-0.1, -0.05) is 12.1 Å². The normalized spacial score (nSPS) is 13.0. The molecule has 0 saturated carbocycles. The van der Waals surface area contributed by atoms with Crippen molar-refractivity contribution in [2.75, 3.05) is 0 Å². The largest absolute Gasteiger partial charge is 0.438 e. The number of aromatic nitrogens is 1. The quantitative estimate of drug-likeness (QED) is 0.752. The molecule has 0 amide bonds. The second kappa shape index (κ2) is 5.11. The van der Waals surface area contributed by atoms with Gasteiger partial charge in [-0.3, -0.25) is 0 Å². The highest BCUT2D eigenvalue weighted by Gasteiger charge is 2.35. The molecular weight excluding hydrogens is 277 g/mol. The molecule has 5 heteroatoms. The number of hydrogen-bond donors (Lipinski definition) is 1. The van der Waals surface area contributed by atoms with Crippen molar-refractivity contribution in [2.45, 2.75) is 38.9 Å². The van der Waals surface area contributed by atoms with E-state index in [0.717, 1.165) is 21.8 Å². The maximum Gasteiger partial charge on any atom is 0.331 e. The molecule has 3 aromatic rings. The van der Waals surface area contributed by atoms with Crippen molar-refractivity contribution in [3.05, 3.63) is 36.5 Å². The van der Waals surface area contributed by atoms with E-state index in [2.05, 4.69) is 4.98 Å². The Morgan fingerprint density at radius 2 is 1.91 bits per heavy atom. The lowest BCUT2D eigenvalue weighted by molar-refractivity contribution is -0.0893. The molecule has 1 aromatic carbocycles. The van der Waals surface area contributed by atoms with E-state index in [0.29, 0.717) is 5.71 Å². The molecule has 2 heterocycles. The number of pyridine rings is 1. The first-order chi connectivity index (χ1) is 10.3. The molecule has 0 aliphatic heterocycles. The Bertz CT molecular complexity index is 817. The summed E-state index contributed by atoms with van der Waals surface area (Å²) in [6.07, 6.45) is 1.71. The smallest absolute Gasteiger partial charge is 0.331 e. The summed E-state index contributed by atoms with van der Waals surface area (Å²) in [6.45, 7) is 7.19. The molecule has 0 aliphatic carbocycles. The molecule has 0 saturated heterocycles. The number of benzene rings is 1. The van der Waals surface area contributed by atoms with Crippen molar-refractivity contribution >= 4 is 35.0 Å². The van der Waals surface area contributed by atoms with Crippen molar-refractivity contribution in [1.82, 2.24) is 4.98 Å². The van der Waals surface area contributed by atoms with Gasteiger partial charge < -0.3 is 14.2 Å². The third kappa shape index (κ3) is 2.51. The average molecular weight is 296 g/mol. The van der Waals surface area contributed by atoms with Gasteiger partial charge >= 0.3 is 7.48 Å². The lowest BCUT2D eigenvalue weighted by atomic mass is 9.81. The van der Waals surface area contributed by atoms with Crippen LogP contribution in [0.1, 0.15) is 27.7 Å². The molecule has 0 aliphatic rings. The Balaban J connectivity index is 2.01. The van der Waals surface area contributed by atoms with Crippen LogP contribution in [-0.2, 0) is 4.65 Å². The Morgan fingerprint density at radius 1 is 1.14 bits per heavy atom. The van der Waals surface area contributed by atoms with Crippen LogP contribution < -0.4 is 5.46 Å². The molecule has 0 fully saturated rings. The van der Waals surface area contributed by atoms with Gasteiger partial charge in [0.2, 0.25) is 5.71 Å². The fraction of sp³-hybridized carbons (Fsp3) is 0.353. The van der Waals surface area contributed by atoms with Crippen LogP contribution in [0.4, 0.5) is 0 Å². The third-order valence-electron chi connectivity index (χ3n) is 4.26. The Morgan fingerprint density at radius 3 is 2.64 bits per heavy atom. The van der Waals surface area contributed by atoms with Crippen LogP contribution in [0.5, 0.6) is 0 Å². The maximum atomic E-state index is 10.2. The molecule has 3 rings (SSSR count). The van der Waals surface area contributed by atoms with Gasteiger partial charge in [-0.05, 0) is 51.4 Å². The lowest BCUT2D eigenvalue weighted by Crippen LogP contribution is -2.49. The van der Waals surface area contributed by atoms with Gasteiger partial charge in [0.1, 0.15) is 5.58 Å². The van der Waals surface area contributed by atoms with E-state index in [1.54, 1.807) is 27.5 Å². The van der Waals surface area contributed by atoms with Gasteiger partial charge in [-0.2, -0.15) is 0 Å². The molecule has 0 bridgehead atoms. The number of hydrogen-bond acceptors (Lipinski definition) is 4. The standard InChI is InChI=1S/C17H19BNO3/c1-16(2,20)17(3,4)22-18-12-8-5-9-13-14(12)11-7-6-10-19-15(11)21-13/h5-10,20H,1-4H3. The summed E-state index contributed by atoms with van der Waals surface area (Å²) in [4.78, 5) is 4.25. The minimum absolute atomic E-state index is 0.611. The van der Waals surface area contributed by atoms with Crippen LogP contribution in [0.15, 0.2) is 40.9 Å². The highest BCUT2D eigenvalue weighted by atomic mass is 16.5. The van der Waals surface area contributed by atoms with Crippen LogP contribution in [0.2, 0.25) is 0 Å². The van der Waals surface area contributed by atoms with E-state index in [1.807, 2.05) is 44.2 Å². The van der Waals surface area contributed by atoms with Crippen LogP contribution >= 0.6 is 0 Å². The SMILES string of the molecule is CC(C)(O)C(C)(C)O[B]c1cccc2oc3ncccc3c12. The summed E-state index contributed by atoms with van der Waals surface area (Å²) in [5, 5.41) is 12.1. The average Bonchev–Trinajstić information content (AvgIpc) is 2.83. The maximum absolute atomic E-state index is 10.2. The van der Waals surface area contributed by atoms with E-state index in [1.165, 1.54) is 0 Å². The van der Waals surface area contributed by atoms with E-state index in [-0.39, 0.29) is 0 Å². The van der Waals surface area contributed by atoms with Crippen molar-refractivity contribution in [2.24, 2.45) is 0 Å². The van der Waals surface area contributed by atoms with Gasteiger partial charge in [-0.15, -0.1) is 0 Å². The van der Waals surface area contributed by atoms with Crippen molar-refractivity contribution in [1.29, 1.82) is 0 Å². The zero-order valence-corrected chi connectivity index (χ0v) is 13.3. The van der Waals surface area contributed by atoms with Crippen LogP contribution in [0, 0.1) is 0 Å². The molecule has 0 atom stereocenters. The van der Waals surface area contributed by atoms with E-state index >= 15 is 0 Å². The fourth-order valence-electron chi connectivity index (χ4n) is 2.14. The molecule has 22 heavy (non-hydrogen) atoms. The van der Waals surface area contributed by atoms with Gasteiger partial charge in [0, 0.05) is 17.0 Å². The third-order valence-corrected chi connectivity index (χ3v) is 4.26. The van der Waals surface area contributed by atoms with Gasteiger partial charge in [0.25, 0.3) is 0 Å². The number of furan rings is 1. The summed E-state index contributed by atoms with van der Waals surface area (Å²) in [7, 11) is 1.68. The van der Waals surface area contributed by atoms with Gasteiger partial charge in [0.05, 0.1) is 11.2 Å². The molecule has 1 radical (unpaired) electrons. The van der Waals surface area contributed by atoms with Crippen LogP contribution in [0.25, 0.3) is 22.1 Å². The highest BCUT2D eigenvalue weighted by Crippen LogP contribution is 2.27. The number of nitrogens with zero attached hydrogens (tertiary/aromatic N) is 1. The minimum atomic E-state index is -0.961. The van der Waals surface area contributed by atoms with Crippen LogP contribution in [-0.4, -0.2) is 28.8 Å². The van der Waals surface area contributed by atoms with E-state index in [4.69, 9.17) is 9.07 Å². The monoisotopic (exact) mass is 296 g/mol. The number of fused-ring (bicyclic) bond motifs is 3. The van der Waals surface area contributed by atoms with E-state index in [9.17, 15) is 5.11 Å². The second-order valence-corrected chi connectivity index (χ2v) is 6.48. The Hall–Kier alpha value is -1.85. The lowest BCUT2D eigenvalue weighted by Gasteiger charge is -2.37. The first-order valence-electron chi connectivity index (χ1n) is 7.29. The Kier molecular flexibility index (Phi) is 3.50. The summed E-state index contributed by atoms with van der Waals surface area (Å²) >= 11 is 0. The summed E-state index contributed by atoms with van der Waals surface area (Å²) in [6, 6.07) is 9.65. The van der Waals surface area contributed by atoms with Crippen LogP contribution in [0.3, 0.4) is 0 Å². The first kappa shape index (κ1) is 15.1. The minimum Gasteiger partial charge on any atom is -0.438 e. The van der Waals surface area contributed by atoms with Gasteiger partial charge in [-0.25, -0.2) is 4.98 Å². The van der Waals surface area contributed by atoms with Gasteiger partial charge in [0.15, 0.2) is 0 Å². The molecule has 0 spiro atoms. The molecular formula is C17H19BNO3. The summed E-state index contributed by atoms with van der Waals surface area (Å²) in [5.74, 6) is 0. The van der Waals surface area contributed by atoms with Crippen molar-refractivity contribution in [3.8, 4) is 0 Å². The number of aliphatic hydroxyl groups is 1. The Labute approximate surface area is 130 Å². The fourth-order valence-corrected chi connectivity index (χ4v) is 2.14. The molecule has 4 nitrogen and oxygen atoms in total. The van der Waals surface area contributed by atoms with Crippen molar-refractivity contribution < 1.29 is 14.2 Å². The summed E-state index contributed by atoms with van der Waals surface area (Å²) in [5.41, 5.74) is 0.610. The van der Waals surface area contributed by atoms with E-state index < -0.39 is 11.2 Å². The van der Waals surface area contributed by atoms with Crippen molar-refractivity contribution in [3.63, 3.8) is 0 Å². The zero-order valence-electron chi connectivity index (χ0n) is 13.3. The molecule has 2 aromatic heterocycles. The summed E-state index contributed by atoms with van der Waals surface area (Å²) < 4.78 is 11.6. The second-order valence-electron chi connectivity index (χ2n) is 6.48. The predicted octanol–water partition coefficient (Wildman–Crippen LogP) is 2.79.